The van der Waals surface area contributed by atoms with Crippen LogP contribution in [0.1, 0.15) is 11.1 Å². The topological polar surface area (TPSA) is 35.6 Å². The van der Waals surface area contributed by atoms with E-state index in [1.54, 1.807) is 12.1 Å². The molecule has 2 amide bonds. The number of benzene rings is 2. The van der Waals surface area contributed by atoms with Gasteiger partial charge in [0.05, 0.1) is 10.7 Å². The van der Waals surface area contributed by atoms with Crippen molar-refractivity contribution >= 4 is 34.9 Å². The summed E-state index contributed by atoms with van der Waals surface area (Å²) in [5.74, 6) is 0. The summed E-state index contributed by atoms with van der Waals surface area (Å²) in [5, 5.41) is 4.34. The third kappa shape index (κ3) is 4.59. The maximum absolute atomic E-state index is 12.4. The Morgan fingerprint density at radius 1 is 1.08 bits per heavy atom. The van der Waals surface area contributed by atoms with Crippen molar-refractivity contribution in [1.82, 2.24) is 10.2 Å². The lowest BCUT2D eigenvalue weighted by atomic mass is 10.1. The van der Waals surface area contributed by atoms with Crippen molar-refractivity contribution in [3.05, 3.63) is 63.6 Å². The van der Waals surface area contributed by atoms with Crippen LogP contribution in [0.4, 0.5) is 10.5 Å². The van der Waals surface area contributed by atoms with E-state index in [2.05, 4.69) is 16.3 Å². The van der Waals surface area contributed by atoms with Crippen molar-refractivity contribution < 1.29 is 4.79 Å². The summed E-state index contributed by atoms with van der Waals surface area (Å²) >= 11 is 12.3. The molecule has 6 heteroatoms. The van der Waals surface area contributed by atoms with Crippen LogP contribution in [0.2, 0.25) is 10.0 Å². The second-order valence-corrected chi connectivity index (χ2v) is 7.06. The highest BCUT2D eigenvalue weighted by molar-refractivity contribution is 6.35. The van der Waals surface area contributed by atoms with E-state index in [9.17, 15) is 4.79 Å². The first kappa shape index (κ1) is 17.9. The summed E-state index contributed by atoms with van der Waals surface area (Å²) < 4.78 is 0. The molecule has 2 aromatic carbocycles. The van der Waals surface area contributed by atoms with E-state index in [0.717, 1.165) is 24.3 Å². The highest BCUT2D eigenvalue weighted by atomic mass is 35.5. The number of piperazine rings is 1. The molecule has 132 valence electrons. The highest BCUT2D eigenvalue weighted by Gasteiger charge is 2.22. The van der Waals surface area contributed by atoms with Gasteiger partial charge in [-0.15, -0.1) is 0 Å². The van der Waals surface area contributed by atoms with Crippen LogP contribution in [-0.4, -0.2) is 37.1 Å². The second kappa shape index (κ2) is 7.98. The van der Waals surface area contributed by atoms with Crippen LogP contribution in [0.25, 0.3) is 0 Å². The standard InChI is InChI=1S/C19H21Cl2N3O/c1-14-3-2-4-15(11-14)13-22-19(25)24-9-7-23(8-10-24)18-12-16(20)5-6-17(18)21/h2-6,11-12H,7-10,13H2,1H3,(H,22,25). The fourth-order valence-electron chi connectivity index (χ4n) is 2.99. The summed E-state index contributed by atoms with van der Waals surface area (Å²) in [5.41, 5.74) is 3.23. The number of rotatable bonds is 3. The Hall–Kier alpha value is -1.91. The molecule has 3 rings (SSSR count). The number of urea groups is 1. The number of amides is 2. The van der Waals surface area contributed by atoms with Gasteiger partial charge in [0.15, 0.2) is 0 Å². The Labute approximate surface area is 158 Å². The molecule has 0 aliphatic carbocycles. The van der Waals surface area contributed by atoms with E-state index in [1.807, 2.05) is 36.1 Å². The Balaban J connectivity index is 1.53. The fraction of sp³-hybridized carbons (Fsp3) is 0.316. The zero-order chi connectivity index (χ0) is 17.8. The molecule has 0 aromatic heterocycles. The Morgan fingerprint density at radius 2 is 1.84 bits per heavy atom. The van der Waals surface area contributed by atoms with E-state index in [0.29, 0.717) is 29.7 Å². The van der Waals surface area contributed by atoms with Gasteiger partial charge in [-0.05, 0) is 30.7 Å². The van der Waals surface area contributed by atoms with Crippen LogP contribution in [0.3, 0.4) is 0 Å². The van der Waals surface area contributed by atoms with Crippen LogP contribution in [-0.2, 0) is 6.54 Å². The molecule has 0 bridgehead atoms. The lowest BCUT2D eigenvalue weighted by molar-refractivity contribution is 0.194. The summed E-state index contributed by atoms with van der Waals surface area (Å²) in [6, 6.07) is 13.6. The fourth-order valence-corrected chi connectivity index (χ4v) is 3.39. The Morgan fingerprint density at radius 3 is 2.56 bits per heavy atom. The van der Waals surface area contributed by atoms with Gasteiger partial charge < -0.3 is 15.1 Å². The first-order chi connectivity index (χ1) is 12.0. The number of anilines is 1. The SMILES string of the molecule is Cc1cccc(CNC(=O)N2CCN(c3cc(Cl)ccc3Cl)CC2)c1. The molecule has 1 aliphatic rings. The lowest BCUT2D eigenvalue weighted by Crippen LogP contribution is -2.51. The number of hydrogen-bond acceptors (Lipinski definition) is 2. The van der Waals surface area contributed by atoms with Crippen molar-refractivity contribution in [3.8, 4) is 0 Å². The monoisotopic (exact) mass is 377 g/mol. The molecule has 2 aromatic rings. The van der Waals surface area contributed by atoms with Gasteiger partial charge in [-0.3, -0.25) is 0 Å². The van der Waals surface area contributed by atoms with Gasteiger partial charge in [0.2, 0.25) is 0 Å². The van der Waals surface area contributed by atoms with Crippen molar-refractivity contribution in [2.24, 2.45) is 0 Å². The van der Waals surface area contributed by atoms with Crippen molar-refractivity contribution in [1.29, 1.82) is 0 Å². The summed E-state index contributed by atoms with van der Waals surface area (Å²) in [7, 11) is 0. The summed E-state index contributed by atoms with van der Waals surface area (Å²) in [4.78, 5) is 16.4. The average molecular weight is 378 g/mol. The number of nitrogens with one attached hydrogen (secondary N) is 1. The van der Waals surface area contributed by atoms with Crippen LogP contribution in [0.5, 0.6) is 0 Å². The minimum atomic E-state index is -0.0293. The maximum atomic E-state index is 12.4. The molecular formula is C19H21Cl2N3O. The van der Waals surface area contributed by atoms with Gasteiger partial charge in [-0.1, -0.05) is 53.0 Å². The molecule has 1 fully saturated rings. The van der Waals surface area contributed by atoms with Crippen molar-refractivity contribution in [2.45, 2.75) is 13.5 Å². The number of carbonyl (C=O) groups is 1. The lowest BCUT2D eigenvalue weighted by Gasteiger charge is -2.36. The predicted molar refractivity (Wildman–Crippen MR) is 104 cm³/mol. The van der Waals surface area contributed by atoms with Crippen molar-refractivity contribution in [3.63, 3.8) is 0 Å². The van der Waals surface area contributed by atoms with Gasteiger partial charge in [0.25, 0.3) is 0 Å². The van der Waals surface area contributed by atoms with Crippen LogP contribution in [0.15, 0.2) is 42.5 Å². The number of aryl methyl sites for hydroxylation is 1. The zero-order valence-electron chi connectivity index (χ0n) is 14.1. The number of carbonyl (C=O) groups excluding carboxylic acids is 1. The smallest absolute Gasteiger partial charge is 0.317 e. The molecule has 0 atom stereocenters. The van der Waals surface area contributed by atoms with Gasteiger partial charge in [0.1, 0.15) is 0 Å². The molecule has 1 aliphatic heterocycles. The third-order valence-electron chi connectivity index (χ3n) is 4.34. The van der Waals surface area contributed by atoms with Gasteiger partial charge in [0, 0.05) is 37.7 Å². The Kier molecular flexibility index (Phi) is 5.71. The first-order valence-corrected chi connectivity index (χ1v) is 9.07. The predicted octanol–water partition coefficient (Wildman–Crippen LogP) is 4.33. The average Bonchev–Trinajstić information content (AvgIpc) is 2.62. The molecule has 0 radical (unpaired) electrons. The molecule has 4 nitrogen and oxygen atoms in total. The quantitative estimate of drug-likeness (QED) is 0.863. The summed E-state index contributed by atoms with van der Waals surface area (Å²) in [6.45, 7) is 5.37. The van der Waals surface area contributed by atoms with E-state index in [4.69, 9.17) is 23.2 Å². The number of nitrogens with zero attached hydrogens (tertiary/aromatic N) is 2. The zero-order valence-corrected chi connectivity index (χ0v) is 15.6. The minimum absolute atomic E-state index is 0.0293. The molecule has 1 saturated heterocycles. The molecule has 25 heavy (non-hydrogen) atoms. The largest absolute Gasteiger partial charge is 0.367 e. The number of hydrogen-bond donors (Lipinski definition) is 1. The minimum Gasteiger partial charge on any atom is -0.367 e. The molecule has 0 unspecified atom stereocenters. The molecule has 0 saturated carbocycles. The third-order valence-corrected chi connectivity index (χ3v) is 4.90. The van der Waals surface area contributed by atoms with Gasteiger partial charge in [-0.2, -0.15) is 0 Å². The summed E-state index contributed by atoms with van der Waals surface area (Å²) in [6.07, 6.45) is 0. The first-order valence-electron chi connectivity index (χ1n) is 8.31. The number of halogens is 2. The van der Waals surface area contributed by atoms with Gasteiger partial charge >= 0.3 is 6.03 Å². The molecule has 1 N–H and O–H groups in total. The van der Waals surface area contributed by atoms with Crippen molar-refractivity contribution in [2.75, 3.05) is 31.1 Å². The van der Waals surface area contributed by atoms with E-state index in [1.165, 1.54) is 5.56 Å². The molecule has 1 heterocycles. The van der Waals surface area contributed by atoms with E-state index < -0.39 is 0 Å². The molecule has 0 spiro atoms. The van der Waals surface area contributed by atoms with E-state index in [-0.39, 0.29) is 6.03 Å². The van der Waals surface area contributed by atoms with Crippen LogP contribution >= 0.6 is 23.2 Å². The van der Waals surface area contributed by atoms with Crippen LogP contribution in [0, 0.1) is 6.92 Å². The second-order valence-electron chi connectivity index (χ2n) is 6.22. The van der Waals surface area contributed by atoms with Crippen LogP contribution < -0.4 is 10.2 Å². The Bertz CT molecular complexity index is 758. The molecular weight excluding hydrogens is 357 g/mol. The van der Waals surface area contributed by atoms with Gasteiger partial charge in [-0.25, -0.2) is 4.79 Å². The normalized spacial score (nSPS) is 14.5. The highest BCUT2D eigenvalue weighted by Crippen LogP contribution is 2.29. The maximum Gasteiger partial charge on any atom is 0.317 e. The van der Waals surface area contributed by atoms with E-state index >= 15 is 0 Å².